The highest BCUT2D eigenvalue weighted by atomic mass is 14.5. The van der Waals surface area contributed by atoms with Gasteiger partial charge in [0.2, 0.25) is 0 Å². The van der Waals surface area contributed by atoms with Crippen LogP contribution in [0.25, 0.3) is 0 Å². The zero-order chi connectivity index (χ0) is 8.67. The minimum Gasteiger partial charge on any atom is -0.0848 e. The average Bonchev–Trinajstić information content (AvgIpc) is 2.62. The smallest absolute Gasteiger partial charge is 0.0196 e. The summed E-state index contributed by atoms with van der Waals surface area (Å²) in [5.74, 6) is 4.17. The van der Waals surface area contributed by atoms with Crippen LogP contribution in [0.3, 0.4) is 0 Å². The lowest BCUT2D eigenvalue weighted by molar-refractivity contribution is 0.245. The molecule has 72 valence electrons. The van der Waals surface area contributed by atoms with Crippen molar-refractivity contribution in [3.8, 4) is 0 Å². The number of hydrogen-bond donors (Lipinski definition) is 0. The van der Waals surface area contributed by atoms with Crippen LogP contribution in [-0.2, 0) is 0 Å². The lowest BCUT2D eigenvalue weighted by Gasteiger charge is -2.30. The Kier molecular flexibility index (Phi) is 1.96. The summed E-state index contributed by atoms with van der Waals surface area (Å²) < 4.78 is 0. The van der Waals surface area contributed by atoms with Gasteiger partial charge in [0.25, 0.3) is 0 Å². The lowest BCUT2D eigenvalue weighted by Crippen LogP contribution is -2.20. The second-order valence-electron chi connectivity index (χ2n) is 5.27. The predicted molar refractivity (Wildman–Crippen MR) is 55.4 cm³/mol. The van der Waals surface area contributed by atoms with Gasteiger partial charge in [0.1, 0.15) is 0 Å². The van der Waals surface area contributed by atoms with Crippen molar-refractivity contribution in [3.63, 3.8) is 0 Å². The fourth-order valence-electron chi connectivity index (χ4n) is 4.00. The van der Waals surface area contributed by atoms with Gasteiger partial charge < -0.3 is 0 Å². The summed E-state index contributed by atoms with van der Waals surface area (Å²) >= 11 is 0. The van der Waals surface area contributed by atoms with E-state index in [1.54, 1.807) is 0 Å². The van der Waals surface area contributed by atoms with Gasteiger partial charge >= 0.3 is 0 Å². The third-order valence-corrected chi connectivity index (χ3v) is 4.62. The van der Waals surface area contributed by atoms with Crippen molar-refractivity contribution in [2.24, 2.45) is 23.7 Å². The number of fused-ring (bicyclic) bond motifs is 5. The first-order chi connectivity index (χ1) is 6.45. The molecule has 13 heavy (non-hydrogen) atoms. The summed E-state index contributed by atoms with van der Waals surface area (Å²) in [4.78, 5) is 0. The van der Waals surface area contributed by atoms with Gasteiger partial charge in [-0.2, -0.15) is 0 Å². The first-order valence-corrected chi connectivity index (χ1v) is 6.13. The Bertz CT molecular complexity index is 194. The molecule has 2 fully saturated rings. The minimum absolute atomic E-state index is 0.994. The molecule has 0 aromatic heterocycles. The molecule has 2 saturated carbocycles. The van der Waals surface area contributed by atoms with Gasteiger partial charge in [-0.15, -0.1) is 0 Å². The maximum absolute atomic E-state index is 2.52. The highest BCUT2D eigenvalue weighted by Crippen LogP contribution is 2.52. The van der Waals surface area contributed by atoms with Gasteiger partial charge in [0.15, 0.2) is 0 Å². The van der Waals surface area contributed by atoms with E-state index in [2.05, 4.69) is 12.2 Å². The van der Waals surface area contributed by atoms with Gasteiger partial charge in [-0.25, -0.2) is 0 Å². The van der Waals surface area contributed by atoms with E-state index in [4.69, 9.17) is 0 Å². The van der Waals surface area contributed by atoms with E-state index in [-0.39, 0.29) is 0 Å². The van der Waals surface area contributed by atoms with Crippen LogP contribution in [0.5, 0.6) is 0 Å². The Labute approximate surface area is 81.4 Å². The van der Waals surface area contributed by atoms with Gasteiger partial charge in [-0.3, -0.25) is 0 Å². The van der Waals surface area contributed by atoms with Crippen molar-refractivity contribution in [2.75, 3.05) is 0 Å². The molecule has 4 unspecified atom stereocenters. The molecular formula is C13H20. The van der Waals surface area contributed by atoms with E-state index in [0.717, 1.165) is 23.7 Å². The molecule has 0 aromatic rings. The second kappa shape index (κ2) is 3.15. The Morgan fingerprint density at radius 3 is 1.77 bits per heavy atom. The number of hydrogen-bond acceptors (Lipinski definition) is 0. The molecule has 0 radical (unpaired) electrons. The van der Waals surface area contributed by atoms with E-state index in [9.17, 15) is 0 Å². The zero-order valence-corrected chi connectivity index (χ0v) is 8.41. The maximum atomic E-state index is 2.52. The molecule has 2 bridgehead atoms. The molecule has 0 aromatic carbocycles. The third kappa shape index (κ3) is 1.26. The lowest BCUT2D eigenvalue weighted by atomic mass is 9.76. The van der Waals surface area contributed by atoms with Crippen LogP contribution < -0.4 is 0 Å². The fourth-order valence-corrected chi connectivity index (χ4v) is 4.00. The molecule has 0 spiro atoms. The maximum Gasteiger partial charge on any atom is -0.0196 e. The second-order valence-corrected chi connectivity index (χ2v) is 5.27. The molecule has 0 amide bonds. The Hall–Kier alpha value is -0.260. The summed E-state index contributed by atoms with van der Waals surface area (Å²) in [6.45, 7) is 0. The first-order valence-electron chi connectivity index (χ1n) is 6.13. The first kappa shape index (κ1) is 8.08. The molecule has 0 heterocycles. The van der Waals surface area contributed by atoms with E-state index in [0.29, 0.717) is 0 Å². The van der Waals surface area contributed by atoms with Gasteiger partial charge in [0, 0.05) is 0 Å². The van der Waals surface area contributed by atoms with Crippen LogP contribution in [0.4, 0.5) is 0 Å². The van der Waals surface area contributed by atoms with Crippen LogP contribution in [0, 0.1) is 23.7 Å². The van der Waals surface area contributed by atoms with E-state index >= 15 is 0 Å². The van der Waals surface area contributed by atoms with Crippen LogP contribution >= 0.6 is 0 Å². The Morgan fingerprint density at radius 1 is 0.692 bits per heavy atom. The summed E-state index contributed by atoms with van der Waals surface area (Å²) in [5, 5.41) is 0. The molecule has 3 aliphatic carbocycles. The predicted octanol–water partition coefficient (Wildman–Crippen LogP) is 3.78. The summed E-state index contributed by atoms with van der Waals surface area (Å²) in [7, 11) is 0. The zero-order valence-electron chi connectivity index (χ0n) is 8.41. The van der Waals surface area contributed by atoms with Crippen LogP contribution in [0.2, 0.25) is 0 Å². The van der Waals surface area contributed by atoms with Crippen LogP contribution in [0.1, 0.15) is 44.9 Å². The molecule has 0 nitrogen and oxygen atoms in total. The minimum atomic E-state index is 0.994. The molecule has 3 aliphatic rings. The normalized spacial score (nSPS) is 48.6. The number of allylic oxidation sites excluding steroid dienone is 2. The molecule has 3 rings (SSSR count). The molecule has 0 heteroatoms. The van der Waals surface area contributed by atoms with E-state index in [1.807, 2.05) is 0 Å². The van der Waals surface area contributed by atoms with Crippen molar-refractivity contribution >= 4 is 0 Å². The average molecular weight is 176 g/mol. The molecule has 0 aliphatic heterocycles. The van der Waals surface area contributed by atoms with Crippen molar-refractivity contribution in [2.45, 2.75) is 44.9 Å². The summed E-state index contributed by atoms with van der Waals surface area (Å²) in [6, 6.07) is 0. The molecule has 0 saturated heterocycles. The fraction of sp³-hybridized carbons (Fsp3) is 0.846. The molecule has 0 N–H and O–H groups in total. The highest BCUT2D eigenvalue weighted by molar-refractivity contribution is 5.13. The van der Waals surface area contributed by atoms with Gasteiger partial charge in [-0.1, -0.05) is 37.8 Å². The molecule has 4 atom stereocenters. The van der Waals surface area contributed by atoms with Crippen molar-refractivity contribution < 1.29 is 0 Å². The van der Waals surface area contributed by atoms with E-state index in [1.165, 1.54) is 44.9 Å². The summed E-state index contributed by atoms with van der Waals surface area (Å²) in [6.07, 6.45) is 15.7. The quantitative estimate of drug-likeness (QED) is 0.493. The SMILES string of the molecule is C1=CC2CC1C1CCCCCCC21. The Morgan fingerprint density at radius 2 is 1.23 bits per heavy atom. The van der Waals surface area contributed by atoms with Crippen molar-refractivity contribution in [1.82, 2.24) is 0 Å². The highest BCUT2D eigenvalue weighted by Gasteiger charge is 2.43. The van der Waals surface area contributed by atoms with Crippen LogP contribution in [0.15, 0.2) is 12.2 Å². The van der Waals surface area contributed by atoms with Crippen LogP contribution in [-0.4, -0.2) is 0 Å². The third-order valence-electron chi connectivity index (χ3n) is 4.62. The topological polar surface area (TPSA) is 0 Å². The summed E-state index contributed by atoms with van der Waals surface area (Å²) in [5.41, 5.74) is 0. The van der Waals surface area contributed by atoms with Gasteiger partial charge in [0.05, 0.1) is 0 Å². The number of rotatable bonds is 0. The van der Waals surface area contributed by atoms with E-state index < -0.39 is 0 Å². The largest absolute Gasteiger partial charge is 0.0848 e. The van der Waals surface area contributed by atoms with Crippen molar-refractivity contribution in [3.05, 3.63) is 12.2 Å². The van der Waals surface area contributed by atoms with Crippen molar-refractivity contribution in [1.29, 1.82) is 0 Å². The Balaban J connectivity index is 1.79. The molecular weight excluding hydrogens is 156 g/mol. The standard InChI is InChI=1S/C13H20/c1-2-4-6-13-11-8-7-10(9-11)12(13)5-3-1/h7-8,10-13H,1-6,9H2. The monoisotopic (exact) mass is 176 g/mol. The van der Waals surface area contributed by atoms with Gasteiger partial charge in [-0.05, 0) is 42.9 Å².